The predicted octanol–water partition coefficient (Wildman–Crippen LogP) is 2.40. The summed E-state index contributed by atoms with van der Waals surface area (Å²) in [6.45, 7) is 6.48. The van der Waals surface area contributed by atoms with Crippen LogP contribution >= 0.6 is 0 Å². The molecule has 1 aromatic carbocycles. The van der Waals surface area contributed by atoms with Crippen molar-refractivity contribution in [3.63, 3.8) is 0 Å². The second-order valence-corrected chi connectivity index (χ2v) is 7.53. The number of nitro benzene ring substituents is 1. The van der Waals surface area contributed by atoms with Crippen molar-refractivity contribution >= 4 is 11.6 Å². The Bertz CT molecular complexity index is 975. The lowest BCUT2D eigenvalue weighted by atomic mass is 9.95. The third-order valence-corrected chi connectivity index (χ3v) is 5.30. The van der Waals surface area contributed by atoms with Crippen LogP contribution in [0.3, 0.4) is 0 Å². The number of rotatable bonds is 4. The zero-order chi connectivity index (χ0) is 20.6. The van der Waals surface area contributed by atoms with E-state index >= 15 is 0 Å². The van der Waals surface area contributed by atoms with Gasteiger partial charge in [-0.3, -0.25) is 19.5 Å². The van der Waals surface area contributed by atoms with Crippen molar-refractivity contribution in [2.24, 2.45) is 7.05 Å². The largest absolute Gasteiger partial charge is 0.345 e. The minimum atomic E-state index is -0.472. The first-order chi connectivity index (χ1) is 13.2. The zero-order valence-corrected chi connectivity index (χ0v) is 16.6. The summed E-state index contributed by atoms with van der Waals surface area (Å²) in [6.07, 6.45) is 1.62. The van der Waals surface area contributed by atoms with Crippen molar-refractivity contribution in [2.75, 3.05) is 13.1 Å². The summed E-state index contributed by atoms with van der Waals surface area (Å²) >= 11 is 0. The minimum Gasteiger partial charge on any atom is -0.338 e. The lowest BCUT2D eigenvalue weighted by Gasteiger charge is -2.33. The summed E-state index contributed by atoms with van der Waals surface area (Å²) in [4.78, 5) is 37.9. The number of aromatic nitrogens is 3. The highest BCUT2D eigenvalue weighted by atomic mass is 16.6. The molecule has 0 spiro atoms. The van der Waals surface area contributed by atoms with Crippen LogP contribution in [0.2, 0.25) is 0 Å². The van der Waals surface area contributed by atoms with Crippen molar-refractivity contribution in [2.45, 2.75) is 45.6 Å². The van der Waals surface area contributed by atoms with Crippen LogP contribution in [0.5, 0.6) is 0 Å². The molecular weight excluding hydrogens is 362 g/mol. The average molecular weight is 387 g/mol. The second kappa shape index (κ2) is 7.57. The Morgan fingerprint density at radius 2 is 2.07 bits per heavy atom. The fourth-order valence-corrected chi connectivity index (χ4v) is 3.86. The number of amides is 1. The number of hydrogen-bond donors (Lipinski definition) is 0. The number of piperidine rings is 1. The van der Waals surface area contributed by atoms with E-state index in [1.165, 1.54) is 16.8 Å². The molecule has 0 N–H and O–H groups in total. The molecule has 1 atom stereocenters. The molecule has 0 radical (unpaired) electrons. The molecule has 1 fully saturated rings. The fraction of sp³-hybridized carbons (Fsp3) is 0.526. The molecule has 150 valence electrons. The Kier molecular flexibility index (Phi) is 5.35. The van der Waals surface area contributed by atoms with Crippen molar-refractivity contribution in [1.29, 1.82) is 0 Å². The third-order valence-electron chi connectivity index (χ3n) is 5.30. The van der Waals surface area contributed by atoms with Gasteiger partial charge < -0.3 is 4.90 Å². The Morgan fingerprint density at radius 3 is 2.71 bits per heavy atom. The highest BCUT2D eigenvalue weighted by Crippen LogP contribution is 2.29. The normalized spacial score (nSPS) is 17.2. The minimum absolute atomic E-state index is 0.0266. The SMILES string of the molecule is Cc1c(C(=O)N2CCCC(c3nn(C)c(=O)n3C(C)C)C2)cccc1[N+](=O)[O-]. The van der Waals surface area contributed by atoms with Crippen LogP contribution in [0.1, 0.15) is 60.4 Å². The van der Waals surface area contributed by atoms with Crippen LogP contribution in [0, 0.1) is 17.0 Å². The van der Waals surface area contributed by atoms with Crippen molar-refractivity contribution in [3.05, 3.63) is 55.7 Å². The maximum Gasteiger partial charge on any atom is 0.345 e. The highest BCUT2D eigenvalue weighted by molar-refractivity contribution is 5.96. The molecule has 1 aromatic heterocycles. The van der Waals surface area contributed by atoms with Crippen molar-refractivity contribution in [1.82, 2.24) is 19.2 Å². The summed E-state index contributed by atoms with van der Waals surface area (Å²) in [5.74, 6) is 0.420. The number of hydrogen-bond acceptors (Lipinski definition) is 5. The number of likely N-dealkylation sites (tertiary alicyclic amines) is 1. The molecule has 0 saturated carbocycles. The Hall–Kier alpha value is -2.97. The Morgan fingerprint density at radius 1 is 1.36 bits per heavy atom. The highest BCUT2D eigenvalue weighted by Gasteiger charge is 2.31. The Labute approximate surface area is 162 Å². The van der Waals surface area contributed by atoms with Crippen LogP contribution < -0.4 is 5.69 Å². The zero-order valence-electron chi connectivity index (χ0n) is 16.6. The molecule has 2 heterocycles. The molecule has 2 aromatic rings. The molecule has 1 aliphatic heterocycles. The van der Waals surface area contributed by atoms with Gasteiger partial charge in [-0.15, -0.1) is 0 Å². The van der Waals surface area contributed by atoms with Crippen LogP contribution in [0.15, 0.2) is 23.0 Å². The van der Waals surface area contributed by atoms with E-state index in [0.29, 0.717) is 30.0 Å². The molecule has 3 rings (SSSR count). The van der Waals surface area contributed by atoms with E-state index in [1.807, 2.05) is 13.8 Å². The van der Waals surface area contributed by atoms with Crippen LogP contribution in [0.25, 0.3) is 0 Å². The summed E-state index contributed by atoms with van der Waals surface area (Å²) in [5, 5.41) is 15.6. The number of nitrogens with zero attached hydrogens (tertiary/aromatic N) is 5. The van der Waals surface area contributed by atoms with Gasteiger partial charge in [-0.25, -0.2) is 9.48 Å². The quantitative estimate of drug-likeness (QED) is 0.592. The summed E-state index contributed by atoms with van der Waals surface area (Å²) < 4.78 is 3.01. The molecule has 9 heteroatoms. The van der Waals surface area contributed by atoms with Crippen molar-refractivity contribution in [3.8, 4) is 0 Å². The first-order valence-corrected chi connectivity index (χ1v) is 9.41. The molecule has 0 aliphatic carbocycles. The van der Waals surface area contributed by atoms with Gasteiger partial charge in [-0.1, -0.05) is 6.07 Å². The number of benzene rings is 1. The molecule has 28 heavy (non-hydrogen) atoms. The summed E-state index contributed by atoms with van der Waals surface area (Å²) in [5.41, 5.74) is 0.495. The van der Waals surface area contributed by atoms with Crippen LogP contribution in [-0.4, -0.2) is 43.2 Å². The van der Waals surface area contributed by atoms with Gasteiger partial charge in [0.1, 0.15) is 5.82 Å². The first kappa shape index (κ1) is 19.8. The monoisotopic (exact) mass is 387 g/mol. The van der Waals surface area contributed by atoms with Gasteiger partial charge in [0, 0.05) is 49.3 Å². The van der Waals surface area contributed by atoms with E-state index in [9.17, 15) is 19.7 Å². The molecule has 1 aliphatic rings. The van der Waals surface area contributed by atoms with Crippen molar-refractivity contribution < 1.29 is 9.72 Å². The van der Waals surface area contributed by atoms with E-state index < -0.39 is 4.92 Å². The second-order valence-electron chi connectivity index (χ2n) is 7.53. The number of nitro groups is 1. The van der Waals surface area contributed by atoms with E-state index in [2.05, 4.69) is 5.10 Å². The van der Waals surface area contributed by atoms with Gasteiger partial charge in [-0.05, 0) is 39.7 Å². The van der Waals surface area contributed by atoms with E-state index in [4.69, 9.17) is 0 Å². The predicted molar refractivity (Wildman–Crippen MR) is 104 cm³/mol. The van der Waals surface area contributed by atoms with Crippen LogP contribution in [0.4, 0.5) is 5.69 Å². The number of aryl methyl sites for hydroxylation is 1. The molecular formula is C19H25N5O4. The molecule has 9 nitrogen and oxygen atoms in total. The lowest BCUT2D eigenvalue weighted by Crippen LogP contribution is -2.40. The van der Waals surface area contributed by atoms with Gasteiger partial charge in [0.25, 0.3) is 11.6 Å². The van der Waals surface area contributed by atoms with Gasteiger partial charge in [0.15, 0.2) is 0 Å². The maximum atomic E-state index is 13.1. The third kappa shape index (κ3) is 3.44. The standard InChI is InChI=1S/C19H25N5O4/c1-12(2)23-17(20-21(4)19(23)26)14-7-6-10-22(11-14)18(25)15-8-5-9-16(13(15)3)24(27)28/h5,8-9,12,14H,6-7,10-11H2,1-4H3. The fourth-order valence-electron chi connectivity index (χ4n) is 3.86. The van der Waals surface area contributed by atoms with Gasteiger partial charge in [0.05, 0.1) is 4.92 Å². The molecule has 1 unspecified atom stereocenters. The number of carbonyl (C=O) groups excluding carboxylic acids is 1. The lowest BCUT2D eigenvalue weighted by molar-refractivity contribution is -0.385. The number of carbonyl (C=O) groups is 1. The molecule has 1 saturated heterocycles. The van der Waals surface area contributed by atoms with Gasteiger partial charge in [0.2, 0.25) is 0 Å². The Balaban J connectivity index is 1.90. The molecule has 1 amide bonds. The van der Waals surface area contributed by atoms with E-state index in [-0.39, 0.29) is 29.2 Å². The van der Waals surface area contributed by atoms with E-state index in [0.717, 1.165) is 12.8 Å². The smallest absolute Gasteiger partial charge is 0.338 e. The van der Waals surface area contributed by atoms with Crippen LogP contribution in [-0.2, 0) is 7.05 Å². The van der Waals surface area contributed by atoms with Gasteiger partial charge >= 0.3 is 5.69 Å². The molecule has 0 bridgehead atoms. The average Bonchev–Trinajstić information content (AvgIpc) is 2.96. The summed E-state index contributed by atoms with van der Waals surface area (Å²) in [7, 11) is 1.63. The van der Waals surface area contributed by atoms with E-state index in [1.54, 1.807) is 29.5 Å². The topological polar surface area (TPSA) is 103 Å². The maximum absolute atomic E-state index is 13.1. The van der Waals surface area contributed by atoms with Gasteiger partial charge in [-0.2, -0.15) is 5.10 Å². The summed E-state index contributed by atoms with van der Waals surface area (Å²) in [6, 6.07) is 4.54. The first-order valence-electron chi connectivity index (χ1n) is 9.41.